The van der Waals surface area contributed by atoms with Gasteiger partial charge in [-0.15, -0.1) is 0 Å². The smallest absolute Gasteiger partial charge is 0.303 e. The molecule has 0 heterocycles. The molecule has 0 spiro atoms. The lowest BCUT2D eigenvalue weighted by Crippen LogP contribution is -2.18. The van der Waals surface area contributed by atoms with Gasteiger partial charge in [0.25, 0.3) is 0 Å². The summed E-state index contributed by atoms with van der Waals surface area (Å²) in [4.78, 5) is 10.5. The van der Waals surface area contributed by atoms with E-state index in [4.69, 9.17) is 14.9 Å². The molecule has 4 heteroatoms. The van der Waals surface area contributed by atoms with Gasteiger partial charge in [0.15, 0.2) is 0 Å². The van der Waals surface area contributed by atoms with Crippen LogP contribution in [0.5, 0.6) is 0 Å². The van der Waals surface area contributed by atoms with Crippen LogP contribution in [0.15, 0.2) is 0 Å². The number of carbonyl (C=O) groups is 1. The van der Waals surface area contributed by atoms with E-state index in [1.54, 1.807) is 0 Å². The molecule has 0 amide bonds. The third kappa shape index (κ3) is 3.32. The molecule has 1 fully saturated rings. The first kappa shape index (κ1) is 10.5. The van der Waals surface area contributed by atoms with Crippen molar-refractivity contribution in [3.05, 3.63) is 0 Å². The van der Waals surface area contributed by atoms with Gasteiger partial charge in [0, 0.05) is 6.42 Å². The molecule has 76 valence electrons. The van der Waals surface area contributed by atoms with Crippen molar-refractivity contribution < 1.29 is 19.7 Å². The van der Waals surface area contributed by atoms with E-state index in [2.05, 4.69) is 0 Å². The highest BCUT2D eigenvalue weighted by Gasteiger charge is 2.28. The Hall–Kier alpha value is -0.610. The molecule has 0 saturated heterocycles. The lowest BCUT2D eigenvalue weighted by Gasteiger charge is -2.16. The maximum Gasteiger partial charge on any atom is 0.303 e. The van der Waals surface area contributed by atoms with Gasteiger partial charge in [0.1, 0.15) is 6.79 Å². The SMILES string of the molecule is O=C(O)C[C@@H]1CCCC1COCO. The van der Waals surface area contributed by atoms with Gasteiger partial charge in [-0.05, 0) is 24.7 Å². The molecule has 0 aromatic rings. The first-order chi connectivity index (χ1) is 6.24. The summed E-state index contributed by atoms with van der Waals surface area (Å²) in [6, 6.07) is 0. The van der Waals surface area contributed by atoms with Crippen LogP contribution in [0.25, 0.3) is 0 Å². The van der Waals surface area contributed by atoms with E-state index in [1.807, 2.05) is 0 Å². The van der Waals surface area contributed by atoms with Gasteiger partial charge in [-0.1, -0.05) is 6.42 Å². The minimum atomic E-state index is -0.735. The van der Waals surface area contributed by atoms with Gasteiger partial charge in [0.2, 0.25) is 0 Å². The molecule has 2 atom stereocenters. The van der Waals surface area contributed by atoms with Crippen molar-refractivity contribution in [3.63, 3.8) is 0 Å². The molecule has 4 nitrogen and oxygen atoms in total. The first-order valence-corrected chi connectivity index (χ1v) is 4.64. The second kappa shape index (κ2) is 5.19. The van der Waals surface area contributed by atoms with Crippen LogP contribution < -0.4 is 0 Å². The summed E-state index contributed by atoms with van der Waals surface area (Å²) >= 11 is 0. The van der Waals surface area contributed by atoms with Crippen molar-refractivity contribution in [3.8, 4) is 0 Å². The fourth-order valence-corrected chi connectivity index (χ4v) is 2.03. The molecule has 2 N–H and O–H groups in total. The Labute approximate surface area is 77.5 Å². The molecule has 1 unspecified atom stereocenters. The first-order valence-electron chi connectivity index (χ1n) is 4.64. The molecule has 1 saturated carbocycles. The highest BCUT2D eigenvalue weighted by atomic mass is 16.6. The quantitative estimate of drug-likeness (QED) is 0.627. The molecule has 1 rings (SSSR count). The number of carboxylic acid groups (broad SMARTS) is 1. The Morgan fingerprint density at radius 3 is 2.69 bits per heavy atom. The van der Waals surface area contributed by atoms with Crippen molar-refractivity contribution in [1.82, 2.24) is 0 Å². The van der Waals surface area contributed by atoms with Crippen LogP contribution in [0, 0.1) is 11.8 Å². The van der Waals surface area contributed by atoms with Crippen molar-refractivity contribution in [1.29, 1.82) is 0 Å². The third-order valence-electron chi connectivity index (χ3n) is 2.68. The van der Waals surface area contributed by atoms with E-state index < -0.39 is 5.97 Å². The molecule has 1 aliphatic carbocycles. The van der Waals surface area contributed by atoms with Crippen molar-refractivity contribution in [2.45, 2.75) is 25.7 Å². The minimum Gasteiger partial charge on any atom is -0.481 e. The number of ether oxygens (including phenoxy) is 1. The zero-order chi connectivity index (χ0) is 9.68. The van der Waals surface area contributed by atoms with E-state index in [1.165, 1.54) is 0 Å². The number of aliphatic hydroxyl groups is 1. The summed E-state index contributed by atoms with van der Waals surface area (Å²) in [5, 5.41) is 17.1. The number of carboxylic acids is 1. The van der Waals surface area contributed by atoms with E-state index in [0.29, 0.717) is 12.5 Å². The van der Waals surface area contributed by atoms with Crippen LogP contribution in [0.1, 0.15) is 25.7 Å². The molecule has 0 aromatic carbocycles. The lowest BCUT2D eigenvalue weighted by atomic mass is 9.94. The molecule has 0 aromatic heterocycles. The summed E-state index contributed by atoms with van der Waals surface area (Å²) in [7, 11) is 0. The maximum atomic E-state index is 10.5. The zero-order valence-corrected chi connectivity index (χ0v) is 7.61. The minimum absolute atomic E-state index is 0.236. The van der Waals surface area contributed by atoms with Gasteiger partial charge in [-0.25, -0.2) is 0 Å². The summed E-state index contributed by atoms with van der Waals surface area (Å²) in [6.07, 6.45) is 3.32. The van der Waals surface area contributed by atoms with Crippen molar-refractivity contribution in [2.24, 2.45) is 11.8 Å². The van der Waals surface area contributed by atoms with Gasteiger partial charge >= 0.3 is 5.97 Å². The number of aliphatic carboxylic acids is 1. The molecular formula is C9H16O4. The van der Waals surface area contributed by atoms with Crippen LogP contribution in [0.4, 0.5) is 0 Å². The third-order valence-corrected chi connectivity index (χ3v) is 2.68. The number of hydrogen-bond donors (Lipinski definition) is 2. The molecule has 1 aliphatic rings. The number of aliphatic hydroxyl groups excluding tert-OH is 1. The maximum absolute atomic E-state index is 10.5. The fraction of sp³-hybridized carbons (Fsp3) is 0.889. The van der Waals surface area contributed by atoms with Crippen LogP contribution in [-0.2, 0) is 9.53 Å². The van der Waals surface area contributed by atoms with Crippen LogP contribution in [0.3, 0.4) is 0 Å². The zero-order valence-electron chi connectivity index (χ0n) is 7.61. The molecule has 0 radical (unpaired) electrons. The van der Waals surface area contributed by atoms with E-state index in [0.717, 1.165) is 19.3 Å². The standard InChI is InChI=1S/C9H16O4/c10-6-13-5-8-3-1-2-7(8)4-9(11)12/h7-8,10H,1-6H2,(H,11,12)/t7-,8?/m0/s1. The summed E-state index contributed by atoms with van der Waals surface area (Å²) in [5.41, 5.74) is 0. The van der Waals surface area contributed by atoms with E-state index in [-0.39, 0.29) is 19.1 Å². The van der Waals surface area contributed by atoms with Crippen molar-refractivity contribution >= 4 is 5.97 Å². The van der Waals surface area contributed by atoms with E-state index in [9.17, 15) is 4.79 Å². The highest BCUT2D eigenvalue weighted by Crippen LogP contribution is 2.34. The average molecular weight is 188 g/mol. The lowest BCUT2D eigenvalue weighted by molar-refractivity contribution is -0.138. The van der Waals surface area contributed by atoms with Gasteiger partial charge in [-0.2, -0.15) is 0 Å². The predicted molar refractivity (Wildman–Crippen MR) is 46.1 cm³/mol. The Balaban J connectivity index is 2.30. The predicted octanol–water partition coefficient (Wildman–Crippen LogP) is 0.844. The van der Waals surface area contributed by atoms with E-state index >= 15 is 0 Å². The molecule has 0 aliphatic heterocycles. The summed E-state index contributed by atoms with van der Waals surface area (Å²) in [5.74, 6) is -0.173. The number of hydrogen-bond acceptors (Lipinski definition) is 3. The van der Waals surface area contributed by atoms with Gasteiger partial charge in [0.05, 0.1) is 6.61 Å². The summed E-state index contributed by atoms with van der Waals surface area (Å²) < 4.78 is 4.89. The average Bonchev–Trinajstić information content (AvgIpc) is 2.48. The highest BCUT2D eigenvalue weighted by molar-refractivity contribution is 5.67. The molecular weight excluding hydrogens is 172 g/mol. The second-order valence-electron chi connectivity index (χ2n) is 3.55. The van der Waals surface area contributed by atoms with Crippen molar-refractivity contribution in [2.75, 3.05) is 13.4 Å². The second-order valence-corrected chi connectivity index (χ2v) is 3.55. The summed E-state index contributed by atoms with van der Waals surface area (Å²) in [6.45, 7) is 0.227. The fourth-order valence-electron chi connectivity index (χ4n) is 2.03. The van der Waals surface area contributed by atoms with Gasteiger partial charge < -0.3 is 14.9 Å². The topological polar surface area (TPSA) is 66.8 Å². The Bertz CT molecular complexity index is 169. The van der Waals surface area contributed by atoms with Crippen LogP contribution >= 0.6 is 0 Å². The molecule has 0 bridgehead atoms. The Kier molecular flexibility index (Phi) is 4.18. The number of rotatable bonds is 5. The molecule has 13 heavy (non-hydrogen) atoms. The monoisotopic (exact) mass is 188 g/mol. The largest absolute Gasteiger partial charge is 0.481 e. The van der Waals surface area contributed by atoms with Crippen LogP contribution in [0.2, 0.25) is 0 Å². The Morgan fingerprint density at radius 1 is 1.38 bits per heavy atom. The normalized spacial score (nSPS) is 27.8. The van der Waals surface area contributed by atoms with Crippen LogP contribution in [-0.4, -0.2) is 29.6 Å². The Morgan fingerprint density at radius 2 is 2.08 bits per heavy atom. The van der Waals surface area contributed by atoms with Gasteiger partial charge in [-0.3, -0.25) is 4.79 Å².